The van der Waals surface area contributed by atoms with Gasteiger partial charge in [0.05, 0.1) is 11.1 Å². The minimum Gasteiger partial charge on any atom is -0.276 e. The molecule has 0 amide bonds. The van der Waals surface area contributed by atoms with Gasteiger partial charge in [0.1, 0.15) is 0 Å². The summed E-state index contributed by atoms with van der Waals surface area (Å²) in [7, 11) is -1.57. The SMILES string of the molecule is Cc1ccc(S(=O)(=O)N2CC(c3cnn(C)c3)C(C)(C)C2)cc1. The number of hydrogen-bond donors (Lipinski definition) is 0. The van der Waals surface area contributed by atoms with E-state index in [1.165, 1.54) is 0 Å². The Hall–Kier alpha value is -1.66. The molecule has 1 aromatic heterocycles. The van der Waals surface area contributed by atoms with E-state index < -0.39 is 10.0 Å². The zero-order chi connectivity index (χ0) is 16.8. The number of hydrogen-bond acceptors (Lipinski definition) is 3. The molecule has 0 bridgehead atoms. The molecule has 0 spiro atoms. The molecule has 6 heteroatoms. The summed E-state index contributed by atoms with van der Waals surface area (Å²) in [4.78, 5) is 0.366. The van der Waals surface area contributed by atoms with Crippen LogP contribution in [-0.4, -0.2) is 35.6 Å². The van der Waals surface area contributed by atoms with Crippen LogP contribution in [0.25, 0.3) is 0 Å². The van der Waals surface area contributed by atoms with Crippen LogP contribution in [0.3, 0.4) is 0 Å². The predicted octanol–water partition coefficient (Wildman–Crippen LogP) is 2.54. The maximum Gasteiger partial charge on any atom is 0.243 e. The highest BCUT2D eigenvalue weighted by molar-refractivity contribution is 7.89. The van der Waals surface area contributed by atoms with Crippen molar-refractivity contribution in [2.75, 3.05) is 13.1 Å². The maximum absolute atomic E-state index is 12.9. The van der Waals surface area contributed by atoms with Crippen molar-refractivity contribution in [3.05, 3.63) is 47.8 Å². The fourth-order valence-corrected chi connectivity index (χ4v) is 4.93. The molecule has 1 fully saturated rings. The Balaban J connectivity index is 1.91. The highest BCUT2D eigenvalue weighted by Gasteiger charge is 2.45. The summed E-state index contributed by atoms with van der Waals surface area (Å²) in [5, 5.41) is 4.23. The third-order valence-corrected chi connectivity index (χ3v) is 6.53. The van der Waals surface area contributed by atoms with Gasteiger partial charge in [-0.25, -0.2) is 8.42 Å². The molecule has 1 atom stereocenters. The summed E-state index contributed by atoms with van der Waals surface area (Å²) < 4.78 is 29.2. The largest absolute Gasteiger partial charge is 0.276 e. The van der Waals surface area contributed by atoms with Gasteiger partial charge in [-0.1, -0.05) is 31.5 Å². The number of nitrogens with zero attached hydrogens (tertiary/aromatic N) is 3. The van der Waals surface area contributed by atoms with Crippen LogP contribution >= 0.6 is 0 Å². The first-order chi connectivity index (χ1) is 10.7. The van der Waals surface area contributed by atoms with Crippen LogP contribution < -0.4 is 0 Å². The molecule has 2 heterocycles. The molecule has 23 heavy (non-hydrogen) atoms. The monoisotopic (exact) mass is 333 g/mol. The maximum atomic E-state index is 12.9. The van der Waals surface area contributed by atoms with Crippen LogP contribution in [0.2, 0.25) is 0 Å². The third-order valence-electron chi connectivity index (χ3n) is 4.70. The summed E-state index contributed by atoms with van der Waals surface area (Å²) in [6.07, 6.45) is 3.82. The second-order valence-corrected chi connectivity index (χ2v) is 9.04. The van der Waals surface area contributed by atoms with Gasteiger partial charge < -0.3 is 0 Å². The zero-order valence-corrected chi connectivity index (χ0v) is 14.8. The van der Waals surface area contributed by atoms with Gasteiger partial charge in [0, 0.05) is 32.3 Å². The molecule has 0 aliphatic carbocycles. The van der Waals surface area contributed by atoms with E-state index in [-0.39, 0.29) is 11.3 Å². The van der Waals surface area contributed by atoms with Crippen LogP contribution in [0.4, 0.5) is 0 Å². The van der Waals surface area contributed by atoms with E-state index in [1.54, 1.807) is 21.1 Å². The minimum absolute atomic E-state index is 0.124. The molecule has 124 valence electrons. The Labute approximate surface area is 138 Å². The molecule has 0 N–H and O–H groups in total. The van der Waals surface area contributed by atoms with Gasteiger partial charge in [0.25, 0.3) is 0 Å². The summed E-state index contributed by atoms with van der Waals surface area (Å²) in [6.45, 7) is 7.20. The van der Waals surface area contributed by atoms with E-state index in [1.807, 2.05) is 38.5 Å². The molecule has 1 unspecified atom stereocenters. The average Bonchev–Trinajstić information content (AvgIpc) is 3.02. The number of benzene rings is 1. The van der Waals surface area contributed by atoms with Gasteiger partial charge in [0.15, 0.2) is 0 Å². The number of sulfonamides is 1. The summed E-state index contributed by atoms with van der Waals surface area (Å²) >= 11 is 0. The molecule has 5 nitrogen and oxygen atoms in total. The van der Waals surface area contributed by atoms with E-state index in [2.05, 4.69) is 18.9 Å². The Bertz CT molecular complexity index is 807. The first-order valence-corrected chi connectivity index (χ1v) is 9.19. The Morgan fingerprint density at radius 1 is 1.22 bits per heavy atom. The van der Waals surface area contributed by atoms with Crippen LogP contribution in [0.5, 0.6) is 0 Å². The van der Waals surface area contributed by atoms with Gasteiger partial charge >= 0.3 is 0 Å². The fraction of sp³-hybridized carbons (Fsp3) is 0.471. The van der Waals surface area contributed by atoms with Crippen molar-refractivity contribution < 1.29 is 8.42 Å². The number of rotatable bonds is 3. The lowest BCUT2D eigenvalue weighted by Gasteiger charge is -2.24. The third kappa shape index (κ3) is 2.93. The predicted molar refractivity (Wildman–Crippen MR) is 89.7 cm³/mol. The normalized spacial score (nSPS) is 21.7. The van der Waals surface area contributed by atoms with Crippen molar-refractivity contribution in [1.82, 2.24) is 14.1 Å². The van der Waals surface area contributed by atoms with Gasteiger partial charge in [0.2, 0.25) is 10.0 Å². The Kier molecular flexibility index (Phi) is 3.84. The fourth-order valence-electron chi connectivity index (χ4n) is 3.30. The smallest absolute Gasteiger partial charge is 0.243 e. The second kappa shape index (κ2) is 5.46. The second-order valence-electron chi connectivity index (χ2n) is 7.10. The van der Waals surface area contributed by atoms with Crippen LogP contribution in [0, 0.1) is 12.3 Å². The highest BCUT2D eigenvalue weighted by atomic mass is 32.2. The lowest BCUT2D eigenvalue weighted by molar-refractivity contribution is 0.347. The van der Waals surface area contributed by atoms with E-state index in [9.17, 15) is 8.42 Å². The molecule has 0 saturated carbocycles. The lowest BCUT2D eigenvalue weighted by atomic mass is 9.79. The zero-order valence-electron chi connectivity index (χ0n) is 14.0. The summed E-state index contributed by atoms with van der Waals surface area (Å²) in [5.74, 6) is 0.149. The van der Waals surface area contributed by atoms with E-state index in [0.717, 1.165) is 11.1 Å². The first-order valence-electron chi connectivity index (χ1n) is 7.75. The van der Waals surface area contributed by atoms with E-state index >= 15 is 0 Å². The molecule has 1 aliphatic heterocycles. The van der Waals surface area contributed by atoms with E-state index in [4.69, 9.17) is 0 Å². The first kappa shape index (κ1) is 16.2. The highest BCUT2D eigenvalue weighted by Crippen LogP contribution is 2.43. The quantitative estimate of drug-likeness (QED) is 0.867. The van der Waals surface area contributed by atoms with Gasteiger partial charge in [-0.15, -0.1) is 0 Å². The van der Waals surface area contributed by atoms with Crippen molar-refractivity contribution in [2.45, 2.75) is 31.6 Å². The van der Waals surface area contributed by atoms with Crippen molar-refractivity contribution in [3.8, 4) is 0 Å². The van der Waals surface area contributed by atoms with Crippen LogP contribution in [0.15, 0.2) is 41.6 Å². The van der Waals surface area contributed by atoms with Gasteiger partial charge in [-0.05, 0) is 30.0 Å². The van der Waals surface area contributed by atoms with Gasteiger partial charge in [-0.3, -0.25) is 4.68 Å². The Morgan fingerprint density at radius 3 is 2.43 bits per heavy atom. The van der Waals surface area contributed by atoms with Gasteiger partial charge in [-0.2, -0.15) is 9.40 Å². The van der Waals surface area contributed by atoms with Crippen molar-refractivity contribution in [1.29, 1.82) is 0 Å². The molecule has 1 aromatic carbocycles. The lowest BCUT2D eigenvalue weighted by Crippen LogP contribution is -2.30. The molecular formula is C17H23N3O2S. The van der Waals surface area contributed by atoms with Crippen molar-refractivity contribution in [3.63, 3.8) is 0 Å². The standard InChI is InChI=1S/C17H23N3O2S/c1-13-5-7-15(8-6-13)23(21,22)20-11-16(17(2,3)12-20)14-9-18-19(4)10-14/h5-10,16H,11-12H2,1-4H3. The van der Waals surface area contributed by atoms with Crippen LogP contribution in [0.1, 0.15) is 30.9 Å². The minimum atomic E-state index is -3.45. The molecule has 3 rings (SSSR count). The summed E-state index contributed by atoms with van der Waals surface area (Å²) in [5.41, 5.74) is 2.03. The van der Waals surface area contributed by atoms with Crippen molar-refractivity contribution in [2.24, 2.45) is 12.5 Å². The number of aromatic nitrogens is 2. The Morgan fingerprint density at radius 2 is 1.87 bits per heavy atom. The topological polar surface area (TPSA) is 55.2 Å². The molecule has 2 aromatic rings. The molecule has 1 aliphatic rings. The molecular weight excluding hydrogens is 310 g/mol. The molecule has 1 saturated heterocycles. The molecule has 0 radical (unpaired) electrons. The average molecular weight is 333 g/mol. The van der Waals surface area contributed by atoms with E-state index in [0.29, 0.717) is 18.0 Å². The van der Waals surface area contributed by atoms with Crippen molar-refractivity contribution >= 4 is 10.0 Å². The van der Waals surface area contributed by atoms with Crippen LogP contribution in [-0.2, 0) is 17.1 Å². The summed E-state index contributed by atoms with van der Waals surface area (Å²) in [6, 6.07) is 7.06. The number of aryl methyl sites for hydroxylation is 2.